The number of benzene rings is 1. The van der Waals surface area contributed by atoms with Gasteiger partial charge in [0.05, 0.1) is 4.92 Å². The molecule has 0 amide bonds. The van der Waals surface area contributed by atoms with Gasteiger partial charge in [-0.25, -0.2) is 0 Å². The van der Waals surface area contributed by atoms with E-state index in [-0.39, 0.29) is 16.7 Å². The zero-order valence-electron chi connectivity index (χ0n) is 12.5. The highest BCUT2D eigenvalue weighted by atomic mass is 16.6. The van der Waals surface area contributed by atoms with E-state index in [2.05, 4.69) is 17.1 Å². The Bertz CT molecular complexity index is 503. The van der Waals surface area contributed by atoms with E-state index < -0.39 is 0 Å². The molecule has 114 valence electrons. The molecule has 2 aliphatic heterocycles. The lowest BCUT2D eigenvalue weighted by atomic mass is 9.96. The van der Waals surface area contributed by atoms with Crippen LogP contribution in [0.4, 0.5) is 5.69 Å². The molecule has 2 aliphatic rings. The van der Waals surface area contributed by atoms with E-state index in [1.165, 1.54) is 38.8 Å². The quantitative estimate of drug-likeness (QED) is 0.684. The molecule has 3 atom stereocenters. The van der Waals surface area contributed by atoms with Crippen LogP contribution in [0.5, 0.6) is 0 Å². The molecule has 5 nitrogen and oxygen atoms in total. The number of piperidine rings is 1. The van der Waals surface area contributed by atoms with Crippen molar-refractivity contribution < 1.29 is 4.92 Å². The van der Waals surface area contributed by atoms with Crippen LogP contribution in [0.3, 0.4) is 0 Å². The van der Waals surface area contributed by atoms with Gasteiger partial charge in [0.25, 0.3) is 5.69 Å². The fraction of sp³-hybridized carbons (Fsp3) is 0.625. The number of fused-ring (bicyclic) bond motifs is 1. The SMILES string of the molecule is CC(NC1CCN2CCCC2C1)c1ccc([N+](=O)[O-])cc1. The van der Waals surface area contributed by atoms with E-state index in [4.69, 9.17) is 0 Å². The number of nitro groups is 1. The standard InChI is InChI=1S/C16H23N3O2/c1-12(13-4-6-15(7-5-13)19(20)21)17-14-8-10-18-9-2-3-16(18)11-14/h4-7,12,14,16-17H,2-3,8-11H2,1H3. The first-order valence-corrected chi connectivity index (χ1v) is 7.88. The third kappa shape index (κ3) is 3.24. The third-order valence-corrected chi connectivity index (χ3v) is 4.91. The number of nitrogens with one attached hydrogen (secondary N) is 1. The van der Waals surface area contributed by atoms with Gasteiger partial charge in [-0.3, -0.25) is 10.1 Å². The largest absolute Gasteiger partial charge is 0.307 e. The number of hydrogen-bond acceptors (Lipinski definition) is 4. The minimum Gasteiger partial charge on any atom is -0.307 e. The Hall–Kier alpha value is -1.46. The fourth-order valence-electron chi connectivity index (χ4n) is 3.71. The van der Waals surface area contributed by atoms with Crippen molar-refractivity contribution in [2.45, 2.75) is 50.7 Å². The van der Waals surface area contributed by atoms with Gasteiger partial charge in [-0.2, -0.15) is 0 Å². The van der Waals surface area contributed by atoms with E-state index in [0.29, 0.717) is 6.04 Å². The summed E-state index contributed by atoms with van der Waals surface area (Å²) in [6.45, 7) is 4.62. The smallest absolute Gasteiger partial charge is 0.269 e. The molecular weight excluding hydrogens is 266 g/mol. The molecule has 2 saturated heterocycles. The van der Waals surface area contributed by atoms with Gasteiger partial charge >= 0.3 is 0 Å². The van der Waals surface area contributed by atoms with Gasteiger partial charge in [0, 0.05) is 30.3 Å². The molecule has 1 aromatic rings. The maximum absolute atomic E-state index is 10.7. The first-order valence-electron chi connectivity index (χ1n) is 7.88. The van der Waals surface area contributed by atoms with E-state index in [0.717, 1.165) is 11.6 Å². The molecule has 0 aliphatic carbocycles. The lowest BCUT2D eigenvalue weighted by molar-refractivity contribution is -0.384. The lowest BCUT2D eigenvalue weighted by Gasteiger charge is -2.36. The molecule has 0 radical (unpaired) electrons. The highest BCUT2D eigenvalue weighted by Gasteiger charge is 2.32. The Balaban J connectivity index is 1.58. The van der Waals surface area contributed by atoms with Gasteiger partial charge in [-0.15, -0.1) is 0 Å². The van der Waals surface area contributed by atoms with E-state index >= 15 is 0 Å². The van der Waals surface area contributed by atoms with Crippen LogP contribution in [0, 0.1) is 10.1 Å². The Morgan fingerprint density at radius 2 is 2.05 bits per heavy atom. The van der Waals surface area contributed by atoms with Crippen LogP contribution in [-0.4, -0.2) is 35.0 Å². The molecule has 2 heterocycles. The topological polar surface area (TPSA) is 58.4 Å². The molecule has 0 spiro atoms. The summed E-state index contributed by atoms with van der Waals surface area (Å²) in [5.41, 5.74) is 1.28. The normalized spacial score (nSPS) is 27.3. The predicted octanol–water partition coefficient (Wildman–Crippen LogP) is 2.87. The summed E-state index contributed by atoms with van der Waals surface area (Å²) in [5, 5.41) is 14.4. The Kier molecular flexibility index (Phi) is 4.22. The van der Waals surface area contributed by atoms with Crippen molar-refractivity contribution in [1.29, 1.82) is 0 Å². The summed E-state index contributed by atoms with van der Waals surface area (Å²) >= 11 is 0. The summed E-state index contributed by atoms with van der Waals surface area (Å²) < 4.78 is 0. The van der Waals surface area contributed by atoms with Crippen LogP contribution in [0.25, 0.3) is 0 Å². The number of hydrogen-bond donors (Lipinski definition) is 1. The van der Waals surface area contributed by atoms with Crippen molar-refractivity contribution in [3.8, 4) is 0 Å². The first kappa shape index (κ1) is 14.5. The molecule has 3 rings (SSSR count). The molecule has 0 bridgehead atoms. The summed E-state index contributed by atoms with van der Waals surface area (Å²) in [7, 11) is 0. The molecule has 0 aromatic heterocycles. The second kappa shape index (κ2) is 6.12. The number of non-ortho nitro benzene ring substituents is 1. The first-order chi connectivity index (χ1) is 10.1. The third-order valence-electron chi connectivity index (χ3n) is 4.91. The Morgan fingerprint density at radius 3 is 2.76 bits per heavy atom. The van der Waals surface area contributed by atoms with Crippen LogP contribution >= 0.6 is 0 Å². The maximum Gasteiger partial charge on any atom is 0.269 e. The van der Waals surface area contributed by atoms with Crippen molar-refractivity contribution in [3.63, 3.8) is 0 Å². The second-order valence-corrected chi connectivity index (χ2v) is 6.29. The summed E-state index contributed by atoms with van der Waals surface area (Å²) in [4.78, 5) is 13.0. The van der Waals surface area contributed by atoms with Crippen LogP contribution < -0.4 is 5.32 Å². The van der Waals surface area contributed by atoms with E-state index in [9.17, 15) is 10.1 Å². The highest BCUT2D eigenvalue weighted by Crippen LogP contribution is 2.28. The van der Waals surface area contributed by atoms with Gasteiger partial charge in [-0.1, -0.05) is 12.1 Å². The minimum absolute atomic E-state index is 0.158. The zero-order valence-corrected chi connectivity index (χ0v) is 12.5. The molecule has 1 N–H and O–H groups in total. The van der Waals surface area contributed by atoms with Gasteiger partial charge in [-0.05, 0) is 51.3 Å². The van der Waals surface area contributed by atoms with Crippen LogP contribution in [0.15, 0.2) is 24.3 Å². The average molecular weight is 289 g/mol. The average Bonchev–Trinajstić information content (AvgIpc) is 2.95. The molecule has 3 unspecified atom stereocenters. The Morgan fingerprint density at radius 1 is 1.29 bits per heavy atom. The molecule has 0 saturated carbocycles. The molecule has 5 heteroatoms. The van der Waals surface area contributed by atoms with Crippen molar-refractivity contribution in [2.24, 2.45) is 0 Å². The van der Waals surface area contributed by atoms with Crippen LogP contribution in [0.2, 0.25) is 0 Å². The van der Waals surface area contributed by atoms with E-state index in [1.54, 1.807) is 12.1 Å². The van der Waals surface area contributed by atoms with Crippen LogP contribution in [-0.2, 0) is 0 Å². The summed E-state index contributed by atoms with van der Waals surface area (Å²) in [6, 6.07) is 8.47. The van der Waals surface area contributed by atoms with Gasteiger partial charge in [0.15, 0.2) is 0 Å². The molecular formula is C16H23N3O2. The zero-order chi connectivity index (χ0) is 14.8. The summed E-state index contributed by atoms with van der Waals surface area (Å²) in [6.07, 6.45) is 5.12. The van der Waals surface area contributed by atoms with Crippen LogP contribution in [0.1, 0.15) is 44.2 Å². The molecule has 21 heavy (non-hydrogen) atoms. The minimum atomic E-state index is -0.350. The van der Waals surface area contributed by atoms with Crippen molar-refractivity contribution in [1.82, 2.24) is 10.2 Å². The summed E-state index contributed by atoms with van der Waals surface area (Å²) in [5.74, 6) is 0. The van der Waals surface area contributed by atoms with Gasteiger partial charge in [0.2, 0.25) is 0 Å². The maximum atomic E-state index is 10.7. The monoisotopic (exact) mass is 289 g/mol. The second-order valence-electron chi connectivity index (χ2n) is 6.29. The van der Waals surface area contributed by atoms with Gasteiger partial charge in [0.1, 0.15) is 0 Å². The van der Waals surface area contributed by atoms with Crippen molar-refractivity contribution >= 4 is 5.69 Å². The predicted molar refractivity (Wildman–Crippen MR) is 82.3 cm³/mol. The molecule has 2 fully saturated rings. The highest BCUT2D eigenvalue weighted by molar-refractivity contribution is 5.34. The Labute approximate surface area is 125 Å². The van der Waals surface area contributed by atoms with Crippen molar-refractivity contribution in [3.05, 3.63) is 39.9 Å². The van der Waals surface area contributed by atoms with Gasteiger partial charge < -0.3 is 10.2 Å². The molecule has 1 aromatic carbocycles. The number of nitrogens with zero attached hydrogens (tertiary/aromatic N) is 2. The number of rotatable bonds is 4. The lowest BCUT2D eigenvalue weighted by Crippen LogP contribution is -2.46. The van der Waals surface area contributed by atoms with E-state index in [1.807, 2.05) is 12.1 Å². The van der Waals surface area contributed by atoms with Crippen molar-refractivity contribution in [2.75, 3.05) is 13.1 Å². The fourth-order valence-corrected chi connectivity index (χ4v) is 3.71. The number of nitro benzene ring substituents is 1.